The summed E-state index contributed by atoms with van der Waals surface area (Å²) in [6, 6.07) is 7.42. The number of nitrogens with two attached hydrogens (primary N) is 1. The van der Waals surface area contributed by atoms with Crippen molar-refractivity contribution in [3.8, 4) is 10.6 Å². The van der Waals surface area contributed by atoms with Crippen molar-refractivity contribution in [1.82, 2.24) is 10.2 Å². The highest BCUT2D eigenvalue weighted by atomic mass is 35.5. The summed E-state index contributed by atoms with van der Waals surface area (Å²) in [4.78, 5) is 12.4. The Bertz CT molecular complexity index is 682. The van der Waals surface area contributed by atoms with E-state index >= 15 is 0 Å². The zero-order valence-corrected chi connectivity index (χ0v) is 13.6. The van der Waals surface area contributed by atoms with Crippen LogP contribution < -0.4 is 11.1 Å². The van der Waals surface area contributed by atoms with Crippen molar-refractivity contribution < 1.29 is 4.79 Å². The minimum atomic E-state index is -0.783. The molecule has 0 spiro atoms. The van der Waals surface area contributed by atoms with Crippen molar-refractivity contribution in [3.05, 3.63) is 29.3 Å². The number of amides is 1. The van der Waals surface area contributed by atoms with Crippen LogP contribution in [0.1, 0.15) is 32.1 Å². The van der Waals surface area contributed by atoms with Gasteiger partial charge in [0.05, 0.1) is 10.6 Å². The second-order valence-electron chi connectivity index (χ2n) is 5.56. The molecular formula is C15H17ClN4OS. The van der Waals surface area contributed by atoms with Crippen LogP contribution in [0.2, 0.25) is 5.02 Å². The second kappa shape index (κ2) is 6.32. The molecule has 1 aliphatic carbocycles. The van der Waals surface area contributed by atoms with Crippen molar-refractivity contribution in [2.24, 2.45) is 5.73 Å². The molecule has 0 unspecified atom stereocenters. The average molecular weight is 337 g/mol. The van der Waals surface area contributed by atoms with Gasteiger partial charge in [-0.3, -0.25) is 10.1 Å². The van der Waals surface area contributed by atoms with Gasteiger partial charge in [-0.25, -0.2) is 0 Å². The summed E-state index contributed by atoms with van der Waals surface area (Å²) in [6.45, 7) is 0. The molecule has 116 valence electrons. The Morgan fingerprint density at radius 3 is 2.68 bits per heavy atom. The molecule has 1 fully saturated rings. The van der Waals surface area contributed by atoms with Crippen LogP contribution in [0.25, 0.3) is 10.6 Å². The molecule has 0 radical (unpaired) electrons. The van der Waals surface area contributed by atoms with Gasteiger partial charge in [0.15, 0.2) is 5.01 Å². The van der Waals surface area contributed by atoms with Crippen molar-refractivity contribution in [3.63, 3.8) is 0 Å². The first-order chi connectivity index (χ1) is 10.6. The lowest BCUT2D eigenvalue weighted by atomic mass is 9.82. The highest BCUT2D eigenvalue weighted by molar-refractivity contribution is 7.18. The number of nitrogens with zero attached hydrogens (tertiary/aromatic N) is 2. The molecule has 2 aromatic rings. The quantitative estimate of drug-likeness (QED) is 0.899. The summed E-state index contributed by atoms with van der Waals surface area (Å²) >= 11 is 7.45. The molecule has 7 heteroatoms. The maximum absolute atomic E-state index is 12.4. The van der Waals surface area contributed by atoms with Gasteiger partial charge in [-0.1, -0.05) is 60.4 Å². The Morgan fingerprint density at radius 1 is 1.23 bits per heavy atom. The first-order valence-corrected chi connectivity index (χ1v) is 8.47. The smallest absolute Gasteiger partial charge is 0.246 e. The van der Waals surface area contributed by atoms with Gasteiger partial charge < -0.3 is 5.73 Å². The van der Waals surface area contributed by atoms with Gasteiger partial charge in [0, 0.05) is 5.56 Å². The minimum Gasteiger partial charge on any atom is -0.317 e. The number of aromatic nitrogens is 2. The summed E-state index contributed by atoms with van der Waals surface area (Å²) in [7, 11) is 0. The summed E-state index contributed by atoms with van der Waals surface area (Å²) in [5.41, 5.74) is 6.24. The van der Waals surface area contributed by atoms with Gasteiger partial charge in [-0.15, -0.1) is 10.2 Å². The largest absolute Gasteiger partial charge is 0.317 e. The predicted octanol–water partition coefficient (Wildman–Crippen LogP) is 3.46. The molecule has 0 bridgehead atoms. The van der Waals surface area contributed by atoms with Crippen LogP contribution in [0.4, 0.5) is 5.13 Å². The van der Waals surface area contributed by atoms with Crippen molar-refractivity contribution >= 4 is 34.0 Å². The summed E-state index contributed by atoms with van der Waals surface area (Å²) in [5, 5.41) is 12.7. The monoisotopic (exact) mass is 336 g/mol. The average Bonchev–Trinajstić information content (AvgIpc) is 2.97. The van der Waals surface area contributed by atoms with Gasteiger partial charge >= 0.3 is 0 Å². The van der Waals surface area contributed by atoms with E-state index in [1.54, 1.807) is 6.07 Å². The molecule has 3 N–H and O–H groups in total. The zero-order chi connectivity index (χ0) is 15.6. The normalized spacial score (nSPS) is 17.2. The first-order valence-electron chi connectivity index (χ1n) is 7.27. The highest BCUT2D eigenvalue weighted by Crippen LogP contribution is 2.32. The molecule has 3 rings (SSSR count). The topological polar surface area (TPSA) is 80.9 Å². The molecule has 0 saturated heterocycles. The van der Waals surface area contributed by atoms with E-state index in [0.29, 0.717) is 15.2 Å². The Morgan fingerprint density at radius 2 is 1.95 bits per heavy atom. The van der Waals surface area contributed by atoms with E-state index in [2.05, 4.69) is 15.5 Å². The molecule has 0 aliphatic heterocycles. The second-order valence-corrected chi connectivity index (χ2v) is 6.95. The van der Waals surface area contributed by atoms with Gasteiger partial charge in [0.1, 0.15) is 0 Å². The van der Waals surface area contributed by atoms with Crippen molar-refractivity contribution in [2.75, 3.05) is 5.32 Å². The van der Waals surface area contributed by atoms with Gasteiger partial charge in [0.2, 0.25) is 11.0 Å². The lowest BCUT2D eigenvalue weighted by Crippen LogP contribution is -2.52. The molecule has 1 amide bonds. The fourth-order valence-electron chi connectivity index (χ4n) is 2.65. The molecular weight excluding hydrogens is 320 g/mol. The Labute approximate surface area is 137 Å². The zero-order valence-electron chi connectivity index (χ0n) is 12.0. The SMILES string of the molecule is NC1(C(=O)Nc2nnc(-c3ccccc3Cl)s2)CCCCC1. The number of halogens is 1. The molecule has 5 nitrogen and oxygen atoms in total. The number of anilines is 1. The van der Waals surface area contributed by atoms with Crippen LogP contribution in [-0.4, -0.2) is 21.6 Å². The molecule has 1 aromatic heterocycles. The first kappa shape index (κ1) is 15.4. The number of nitrogens with one attached hydrogen (secondary N) is 1. The molecule has 0 atom stereocenters. The van der Waals surface area contributed by atoms with Gasteiger partial charge in [-0.05, 0) is 18.9 Å². The summed E-state index contributed by atoms with van der Waals surface area (Å²) in [6.07, 6.45) is 4.56. The Kier molecular flexibility index (Phi) is 4.42. The van der Waals surface area contributed by atoms with Crippen LogP contribution in [0.5, 0.6) is 0 Å². The van der Waals surface area contributed by atoms with Gasteiger partial charge in [0.25, 0.3) is 0 Å². The predicted molar refractivity (Wildman–Crippen MR) is 89.0 cm³/mol. The standard InChI is InChI=1S/C15H17ClN4OS/c16-11-7-3-2-6-10(11)12-19-20-14(22-12)18-13(21)15(17)8-4-1-5-9-15/h2-3,6-7H,1,4-5,8-9,17H2,(H,18,20,21). The number of carbonyl (C=O) groups is 1. The third-order valence-electron chi connectivity index (χ3n) is 3.95. The fraction of sp³-hybridized carbons (Fsp3) is 0.400. The number of carbonyl (C=O) groups excluding carboxylic acids is 1. The number of benzene rings is 1. The minimum absolute atomic E-state index is 0.172. The molecule has 1 aliphatic rings. The van der Waals surface area contributed by atoms with Crippen molar-refractivity contribution in [1.29, 1.82) is 0 Å². The maximum atomic E-state index is 12.4. The Balaban J connectivity index is 1.74. The van der Waals surface area contributed by atoms with E-state index in [4.69, 9.17) is 17.3 Å². The van der Waals surface area contributed by atoms with Crippen molar-refractivity contribution in [2.45, 2.75) is 37.6 Å². The van der Waals surface area contributed by atoms with E-state index < -0.39 is 5.54 Å². The molecule has 22 heavy (non-hydrogen) atoms. The fourth-order valence-corrected chi connectivity index (χ4v) is 3.71. The third kappa shape index (κ3) is 3.14. The van der Waals surface area contributed by atoms with Crippen LogP contribution in [-0.2, 0) is 4.79 Å². The number of hydrogen-bond donors (Lipinski definition) is 2. The number of hydrogen-bond acceptors (Lipinski definition) is 5. The Hall–Kier alpha value is -1.50. The van der Waals surface area contributed by atoms with E-state index in [1.807, 2.05) is 18.2 Å². The van der Waals surface area contributed by atoms with Crippen LogP contribution in [0.3, 0.4) is 0 Å². The lowest BCUT2D eigenvalue weighted by Gasteiger charge is -2.31. The van der Waals surface area contributed by atoms with E-state index in [0.717, 1.165) is 37.7 Å². The molecule has 1 aromatic carbocycles. The highest BCUT2D eigenvalue weighted by Gasteiger charge is 2.35. The summed E-state index contributed by atoms with van der Waals surface area (Å²) < 4.78 is 0. The van der Waals surface area contributed by atoms with E-state index in [9.17, 15) is 4.79 Å². The van der Waals surface area contributed by atoms with E-state index in [-0.39, 0.29) is 5.91 Å². The van der Waals surface area contributed by atoms with E-state index in [1.165, 1.54) is 11.3 Å². The lowest BCUT2D eigenvalue weighted by molar-refractivity contribution is -0.122. The third-order valence-corrected chi connectivity index (χ3v) is 5.15. The molecule has 1 heterocycles. The summed E-state index contributed by atoms with van der Waals surface area (Å²) in [5.74, 6) is -0.172. The van der Waals surface area contributed by atoms with Crippen LogP contribution >= 0.6 is 22.9 Å². The van der Waals surface area contributed by atoms with Crippen LogP contribution in [0, 0.1) is 0 Å². The number of rotatable bonds is 3. The van der Waals surface area contributed by atoms with Crippen LogP contribution in [0.15, 0.2) is 24.3 Å². The van der Waals surface area contributed by atoms with Gasteiger partial charge in [-0.2, -0.15) is 0 Å². The maximum Gasteiger partial charge on any atom is 0.246 e. The molecule has 1 saturated carbocycles.